The van der Waals surface area contributed by atoms with Gasteiger partial charge in [0.05, 0.1) is 5.41 Å². The maximum Gasteiger partial charge on any atom is 0.398 e. The van der Waals surface area contributed by atoms with E-state index in [1.165, 1.54) is 19.1 Å². The molecule has 0 saturated heterocycles. The number of hydrogen-bond acceptors (Lipinski definition) is 1. The molecule has 1 unspecified atom stereocenters. The second-order valence-corrected chi connectivity index (χ2v) is 5.92. The monoisotopic (exact) mass is 274 g/mol. The summed E-state index contributed by atoms with van der Waals surface area (Å²) in [6.45, 7) is 8.46. The summed E-state index contributed by atoms with van der Waals surface area (Å²) in [5.74, 6) is 0.580. The van der Waals surface area contributed by atoms with Gasteiger partial charge in [0.15, 0.2) is 0 Å². The molecule has 0 N–H and O–H groups in total. The third-order valence-corrected chi connectivity index (χ3v) is 3.25. The van der Waals surface area contributed by atoms with Gasteiger partial charge < -0.3 is 4.74 Å². The van der Waals surface area contributed by atoms with Crippen molar-refractivity contribution >= 4 is 0 Å². The van der Waals surface area contributed by atoms with Gasteiger partial charge in [-0.1, -0.05) is 19.1 Å². The molecule has 0 spiro atoms. The van der Waals surface area contributed by atoms with Crippen molar-refractivity contribution < 1.29 is 17.9 Å². The minimum atomic E-state index is -4.26. The number of hydrogen-bond donors (Lipinski definition) is 0. The van der Waals surface area contributed by atoms with E-state index >= 15 is 0 Å². The summed E-state index contributed by atoms with van der Waals surface area (Å²) in [6, 6.07) is 6.19. The van der Waals surface area contributed by atoms with Crippen molar-refractivity contribution in [3.63, 3.8) is 0 Å². The van der Waals surface area contributed by atoms with Crippen LogP contribution in [0.25, 0.3) is 0 Å². The van der Waals surface area contributed by atoms with E-state index < -0.39 is 11.6 Å². The topological polar surface area (TPSA) is 9.23 Å². The quantitative estimate of drug-likeness (QED) is 0.745. The zero-order valence-electron chi connectivity index (χ0n) is 12.1. The van der Waals surface area contributed by atoms with Gasteiger partial charge >= 0.3 is 6.18 Å². The fraction of sp³-hybridized carbons (Fsp3) is 0.600. The van der Waals surface area contributed by atoms with Crippen LogP contribution in [0.2, 0.25) is 0 Å². The summed E-state index contributed by atoms with van der Waals surface area (Å²) in [5, 5.41) is 0. The van der Waals surface area contributed by atoms with Crippen molar-refractivity contribution in [2.75, 3.05) is 0 Å². The highest BCUT2D eigenvalue weighted by Crippen LogP contribution is 2.43. The van der Waals surface area contributed by atoms with Gasteiger partial charge in [0.25, 0.3) is 0 Å². The average molecular weight is 274 g/mol. The summed E-state index contributed by atoms with van der Waals surface area (Å²) < 4.78 is 45.0. The Bertz CT molecular complexity index is 415. The highest BCUT2D eigenvalue weighted by atomic mass is 19.4. The number of halogens is 3. The SMILES string of the molecule is CCC(C)(c1ccc(OC(C)(C)C)cc1)C(F)(F)F. The Kier molecular flexibility index (Phi) is 4.23. The molecule has 0 aliphatic rings. The first-order valence-electron chi connectivity index (χ1n) is 6.36. The van der Waals surface area contributed by atoms with E-state index in [1.54, 1.807) is 19.1 Å². The van der Waals surface area contributed by atoms with Crippen LogP contribution < -0.4 is 4.74 Å². The molecule has 0 fully saturated rings. The molecule has 1 aromatic carbocycles. The van der Waals surface area contributed by atoms with Crippen LogP contribution >= 0.6 is 0 Å². The lowest BCUT2D eigenvalue weighted by molar-refractivity contribution is -0.186. The Morgan fingerprint density at radius 1 is 0.947 bits per heavy atom. The molecular weight excluding hydrogens is 253 g/mol. The maximum absolute atomic E-state index is 13.1. The van der Waals surface area contributed by atoms with E-state index in [2.05, 4.69) is 0 Å². The highest BCUT2D eigenvalue weighted by Gasteiger charge is 2.50. The van der Waals surface area contributed by atoms with Crippen molar-refractivity contribution in [2.45, 2.75) is 58.2 Å². The zero-order valence-corrected chi connectivity index (χ0v) is 12.1. The minimum absolute atomic E-state index is 0.00990. The molecule has 0 amide bonds. The fourth-order valence-electron chi connectivity index (χ4n) is 1.81. The third-order valence-electron chi connectivity index (χ3n) is 3.25. The van der Waals surface area contributed by atoms with Gasteiger partial charge in [0.2, 0.25) is 0 Å². The first-order valence-corrected chi connectivity index (χ1v) is 6.36. The maximum atomic E-state index is 13.1. The molecule has 0 saturated carbocycles. The fourth-order valence-corrected chi connectivity index (χ4v) is 1.81. The molecule has 1 rings (SSSR count). The lowest BCUT2D eigenvalue weighted by Gasteiger charge is -2.31. The van der Waals surface area contributed by atoms with Gasteiger partial charge in [-0.2, -0.15) is 13.2 Å². The van der Waals surface area contributed by atoms with Gasteiger partial charge in [-0.15, -0.1) is 0 Å². The molecule has 0 aliphatic carbocycles. The Labute approximate surface area is 112 Å². The van der Waals surface area contributed by atoms with Gasteiger partial charge in [-0.05, 0) is 51.8 Å². The van der Waals surface area contributed by atoms with Crippen molar-refractivity contribution in [2.24, 2.45) is 0 Å². The summed E-state index contributed by atoms with van der Waals surface area (Å²) in [5.41, 5.74) is -1.91. The van der Waals surface area contributed by atoms with E-state index in [-0.39, 0.29) is 17.6 Å². The summed E-state index contributed by atoms with van der Waals surface area (Å²) in [6.07, 6.45) is -4.25. The molecule has 1 aromatic rings. The van der Waals surface area contributed by atoms with Crippen LogP contribution in [0.15, 0.2) is 24.3 Å². The largest absolute Gasteiger partial charge is 0.488 e. The molecule has 0 aromatic heterocycles. The van der Waals surface area contributed by atoms with Crippen molar-refractivity contribution in [3.05, 3.63) is 29.8 Å². The van der Waals surface area contributed by atoms with Crippen LogP contribution in [0.5, 0.6) is 5.75 Å². The smallest absolute Gasteiger partial charge is 0.398 e. The van der Waals surface area contributed by atoms with Gasteiger partial charge in [-0.25, -0.2) is 0 Å². The van der Waals surface area contributed by atoms with Crippen molar-refractivity contribution in [1.82, 2.24) is 0 Å². The molecule has 0 bridgehead atoms. The van der Waals surface area contributed by atoms with E-state index in [9.17, 15) is 13.2 Å². The van der Waals surface area contributed by atoms with Gasteiger partial charge in [0, 0.05) is 0 Å². The first-order chi connectivity index (χ1) is 8.49. The van der Waals surface area contributed by atoms with Crippen LogP contribution in [0.1, 0.15) is 46.6 Å². The van der Waals surface area contributed by atoms with Crippen LogP contribution in [-0.4, -0.2) is 11.8 Å². The second-order valence-electron chi connectivity index (χ2n) is 5.92. The average Bonchev–Trinajstić information content (AvgIpc) is 2.25. The molecule has 0 aliphatic heterocycles. The number of ether oxygens (including phenoxy) is 1. The normalized spacial score (nSPS) is 16.0. The predicted octanol–water partition coefficient (Wildman–Crippen LogP) is 5.09. The Balaban J connectivity index is 3.04. The summed E-state index contributed by atoms with van der Waals surface area (Å²) in [4.78, 5) is 0. The molecule has 1 nitrogen and oxygen atoms in total. The number of alkyl halides is 3. The highest BCUT2D eigenvalue weighted by molar-refractivity contribution is 5.33. The summed E-state index contributed by atoms with van der Waals surface area (Å²) in [7, 11) is 0. The number of benzene rings is 1. The lowest BCUT2D eigenvalue weighted by atomic mass is 9.79. The molecule has 0 radical (unpaired) electrons. The third kappa shape index (κ3) is 3.64. The molecule has 108 valence electrons. The molecule has 19 heavy (non-hydrogen) atoms. The van der Waals surface area contributed by atoms with Gasteiger partial charge in [0.1, 0.15) is 11.4 Å². The predicted molar refractivity (Wildman–Crippen MR) is 70.5 cm³/mol. The van der Waals surface area contributed by atoms with E-state index in [0.29, 0.717) is 5.75 Å². The van der Waals surface area contributed by atoms with Crippen LogP contribution in [-0.2, 0) is 5.41 Å². The molecule has 4 heteroatoms. The first kappa shape index (κ1) is 15.9. The Hall–Kier alpha value is -1.19. The van der Waals surface area contributed by atoms with E-state index in [0.717, 1.165) is 0 Å². The number of rotatable bonds is 3. The molecule has 0 heterocycles. The van der Waals surface area contributed by atoms with Crippen molar-refractivity contribution in [3.8, 4) is 5.75 Å². The van der Waals surface area contributed by atoms with Crippen LogP contribution in [0.3, 0.4) is 0 Å². The second kappa shape index (κ2) is 5.06. The van der Waals surface area contributed by atoms with E-state index in [4.69, 9.17) is 4.74 Å². The van der Waals surface area contributed by atoms with Crippen LogP contribution in [0.4, 0.5) is 13.2 Å². The molecule has 1 atom stereocenters. The van der Waals surface area contributed by atoms with Crippen molar-refractivity contribution in [1.29, 1.82) is 0 Å². The summed E-state index contributed by atoms with van der Waals surface area (Å²) >= 11 is 0. The van der Waals surface area contributed by atoms with E-state index in [1.807, 2.05) is 20.8 Å². The minimum Gasteiger partial charge on any atom is -0.488 e. The lowest BCUT2D eigenvalue weighted by Crippen LogP contribution is -2.38. The molecular formula is C15H21F3O. The Morgan fingerprint density at radius 3 is 1.74 bits per heavy atom. The Morgan fingerprint density at radius 2 is 1.42 bits per heavy atom. The zero-order chi connectivity index (χ0) is 14.9. The standard InChI is InChI=1S/C15H21F3O/c1-6-14(5,15(16,17)18)11-7-9-12(10-8-11)19-13(2,3)4/h7-10H,6H2,1-5H3. The van der Waals surface area contributed by atoms with Crippen LogP contribution in [0, 0.1) is 0 Å². The van der Waals surface area contributed by atoms with Gasteiger partial charge in [-0.3, -0.25) is 0 Å².